The number of hydrogen-bond acceptors (Lipinski definition) is 4. The number of rotatable bonds is 6. The van der Waals surface area contributed by atoms with Crippen molar-refractivity contribution < 1.29 is 8.42 Å². The maximum Gasteiger partial charge on any atom is 0.214 e. The molecule has 1 aliphatic rings. The van der Waals surface area contributed by atoms with Crippen LogP contribution in [0.1, 0.15) is 25.7 Å². The number of thioether (sulfide) groups is 1. The van der Waals surface area contributed by atoms with E-state index in [2.05, 4.69) is 0 Å². The number of hydrogen-bond donors (Lipinski definition) is 1. The summed E-state index contributed by atoms with van der Waals surface area (Å²) in [5.41, 5.74) is 6.42. The highest BCUT2D eigenvalue weighted by atomic mass is 32.2. The van der Waals surface area contributed by atoms with E-state index in [0.29, 0.717) is 11.4 Å². The Morgan fingerprint density at radius 2 is 2.05 bits per heavy atom. The maximum absolute atomic E-state index is 12.3. The van der Waals surface area contributed by atoms with E-state index < -0.39 is 10.0 Å². The molecule has 0 bridgehead atoms. The fourth-order valence-electron chi connectivity index (χ4n) is 2.51. The van der Waals surface area contributed by atoms with Gasteiger partial charge in [-0.05, 0) is 31.0 Å². The van der Waals surface area contributed by atoms with E-state index in [4.69, 9.17) is 5.73 Å². The predicted octanol–water partition coefficient (Wildman–Crippen LogP) is 2.57. The predicted molar refractivity (Wildman–Crippen MR) is 85.4 cm³/mol. The first-order valence-electron chi connectivity index (χ1n) is 6.93. The molecule has 0 aliphatic heterocycles. The molecule has 6 heteroatoms. The SMILES string of the molecule is CN(C1CCCC1)S(=O)(=O)CCSc1cccc(N)c1. The van der Waals surface area contributed by atoms with Crippen LogP contribution in [-0.2, 0) is 10.0 Å². The first kappa shape index (κ1) is 15.7. The molecule has 0 spiro atoms. The Morgan fingerprint density at radius 3 is 2.70 bits per heavy atom. The molecule has 0 unspecified atom stereocenters. The van der Waals surface area contributed by atoms with Crippen LogP contribution in [0.15, 0.2) is 29.2 Å². The van der Waals surface area contributed by atoms with Crippen LogP contribution in [-0.4, -0.2) is 37.3 Å². The lowest BCUT2D eigenvalue weighted by Gasteiger charge is -2.23. The van der Waals surface area contributed by atoms with Gasteiger partial charge in [-0.1, -0.05) is 18.9 Å². The first-order chi connectivity index (χ1) is 9.49. The zero-order valence-electron chi connectivity index (χ0n) is 11.8. The second-order valence-electron chi connectivity index (χ2n) is 5.19. The van der Waals surface area contributed by atoms with Gasteiger partial charge in [0.2, 0.25) is 10.0 Å². The number of nitrogens with two attached hydrogens (primary N) is 1. The zero-order chi connectivity index (χ0) is 14.6. The average molecular weight is 314 g/mol. The molecule has 1 saturated carbocycles. The van der Waals surface area contributed by atoms with Crippen LogP contribution in [0.3, 0.4) is 0 Å². The number of anilines is 1. The van der Waals surface area contributed by atoms with Gasteiger partial charge in [0.1, 0.15) is 0 Å². The van der Waals surface area contributed by atoms with Crippen molar-refractivity contribution in [3.05, 3.63) is 24.3 Å². The Bertz CT molecular complexity index is 540. The summed E-state index contributed by atoms with van der Waals surface area (Å²) >= 11 is 1.54. The minimum absolute atomic E-state index is 0.180. The summed E-state index contributed by atoms with van der Waals surface area (Å²) in [6.07, 6.45) is 4.28. The van der Waals surface area contributed by atoms with Crippen molar-refractivity contribution >= 4 is 27.5 Å². The van der Waals surface area contributed by atoms with Gasteiger partial charge in [-0.25, -0.2) is 12.7 Å². The largest absolute Gasteiger partial charge is 0.399 e. The summed E-state index contributed by atoms with van der Waals surface area (Å²) < 4.78 is 26.1. The third-order valence-corrected chi connectivity index (χ3v) is 6.90. The molecule has 0 saturated heterocycles. The molecule has 1 aromatic carbocycles. The van der Waals surface area contributed by atoms with Crippen molar-refractivity contribution in [2.75, 3.05) is 24.3 Å². The minimum Gasteiger partial charge on any atom is -0.399 e. The molecule has 0 heterocycles. The second kappa shape index (κ2) is 6.83. The molecule has 0 amide bonds. The summed E-state index contributed by atoms with van der Waals surface area (Å²) in [7, 11) is -1.42. The molecule has 2 rings (SSSR count). The highest BCUT2D eigenvalue weighted by Crippen LogP contribution is 2.25. The van der Waals surface area contributed by atoms with Crippen LogP contribution in [0, 0.1) is 0 Å². The van der Waals surface area contributed by atoms with Crippen molar-refractivity contribution in [1.82, 2.24) is 4.31 Å². The van der Waals surface area contributed by atoms with E-state index in [1.54, 1.807) is 11.4 Å². The van der Waals surface area contributed by atoms with Gasteiger partial charge in [-0.15, -0.1) is 11.8 Å². The quantitative estimate of drug-likeness (QED) is 0.647. The summed E-state index contributed by atoms with van der Waals surface area (Å²) in [5.74, 6) is 0.738. The van der Waals surface area contributed by atoms with Gasteiger partial charge in [-0.2, -0.15) is 0 Å². The highest BCUT2D eigenvalue weighted by Gasteiger charge is 2.28. The molecule has 0 atom stereocenters. The second-order valence-corrected chi connectivity index (χ2v) is 8.51. The maximum atomic E-state index is 12.3. The van der Waals surface area contributed by atoms with E-state index in [0.717, 1.165) is 30.6 Å². The molecule has 1 aliphatic carbocycles. The van der Waals surface area contributed by atoms with Crippen molar-refractivity contribution in [2.24, 2.45) is 0 Å². The van der Waals surface area contributed by atoms with Crippen LogP contribution in [0.2, 0.25) is 0 Å². The Morgan fingerprint density at radius 1 is 1.35 bits per heavy atom. The molecular formula is C14H22N2O2S2. The standard InChI is InChI=1S/C14H22N2O2S2/c1-16(13-6-2-3-7-13)20(17,18)10-9-19-14-8-4-5-12(15)11-14/h4-5,8,11,13H,2-3,6-7,9-10,15H2,1H3. The van der Waals surface area contributed by atoms with Crippen LogP contribution < -0.4 is 5.73 Å². The minimum atomic E-state index is -3.14. The molecule has 4 nitrogen and oxygen atoms in total. The Hall–Kier alpha value is -0.720. The van der Waals surface area contributed by atoms with E-state index in [1.807, 2.05) is 24.3 Å². The van der Waals surface area contributed by atoms with Crippen molar-refractivity contribution in [3.8, 4) is 0 Å². The Balaban J connectivity index is 1.86. The van der Waals surface area contributed by atoms with E-state index in [-0.39, 0.29) is 11.8 Å². The number of benzene rings is 1. The summed E-state index contributed by atoms with van der Waals surface area (Å²) in [6, 6.07) is 7.75. The zero-order valence-corrected chi connectivity index (χ0v) is 13.4. The van der Waals surface area contributed by atoms with Crippen LogP contribution >= 0.6 is 11.8 Å². The molecule has 0 aromatic heterocycles. The molecule has 1 aromatic rings. The van der Waals surface area contributed by atoms with Gasteiger partial charge in [-0.3, -0.25) is 0 Å². The molecule has 112 valence electrons. The average Bonchev–Trinajstić information content (AvgIpc) is 2.91. The van der Waals surface area contributed by atoms with E-state index in [9.17, 15) is 8.42 Å². The number of sulfonamides is 1. The van der Waals surface area contributed by atoms with Gasteiger partial charge in [0.25, 0.3) is 0 Å². The lowest BCUT2D eigenvalue weighted by atomic mass is 10.3. The van der Waals surface area contributed by atoms with Gasteiger partial charge < -0.3 is 5.73 Å². The molecule has 0 radical (unpaired) electrons. The first-order valence-corrected chi connectivity index (χ1v) is 9.52. The van der Waals surface area contributed by atoms with E-state index >= 15 is 0 Å². The molecule has 20 heavy (non-hydrogen) atoms. The fourth-order valence-corrected chi connectivity index (χ4v) is 5.27. The summed E-state index contributed by atoms with van der Waals surface area (Å²) in [4.78, 5) is 1.02. The summed E-state index contributed by atoms with van der Waals surface area (Å²) in [6.45, 7) is 0. The van der Waals surface area contributed by atoms with Crippen LogP contribution in [0.4, 0.5) is 5.69 Å². The fraction of sp³-hybridized carbons (Fsp3) is 0.571. The third-order valence-electron chi connectivity index (χ3n) is 3.75. The molecule has 1 fully saturated rings. The summed E-state index contributed by atoms with van der Waals surface area (Å²) in [5, 5.41) is 0. The Kier molecular flexibility index (Phi) is 5.35. The van der Waals surface area contributed by atoms with Crippen LogP contribution in [0.5, 0.6) is 0 Å². The monoisotopic (exact) mass is 314 g/mol. The molecule has 2 N–H and O–H groups in total. The highest BCUT2D eigenvalue weighted by molar-refractivity contribution is 8.00. The van der Waals surface area contributed by atoms with Crippen molar-refractivity contribution in [2.45, 2.75) is 36.6 Å². The van der Waals surface area contributed by atoms with Gasteiger partial charge in [0, 0.05) is 29.4 Å². The third kappa shape index (κ3) is 4.14. The Labute approximate surface area is 125 Å². The van der Waals surface area contributed by atoms with Gasteiger partial charge in [0.05, 0.1) is 5.75 Å². The lowest BCUT2D eigenvalue weighted by molar-refractivity contribution is 0.374. The smallest absolute Gasteiger partial charge is 0.214 e. The lowest BCUT2D eigenvalue weighted by Crippen LogP contribution is -2.37. The number of nitrogen functional groups attached to an aromatic ring is 1. The van der Waals surface area contributed by atoms with E-state index in [1.165, 1.54) is 11.8 Å². The van der Waals surface area contributed by atoms with Crippen molar-refractivity contribution in [1.29, 1.82) is 0 Å². The molecular weight excluding hydrogens is 292 g/mol. The van der Waals surface area contributed by atoms with Gasteiger partial charge >= 0.3 is 0 Å². The normalized spacial score (nSPS) is 16.9. The number of nitrogens with zero attached hydrogens (tertiary/aromatic N) is 1. The topological polar surface area (TPSA) is 63.4 Å². The van der Waals surface area contributed by atoms with Crippen LogP contribution in [0.25, 0.3) is 0 Å². The van der Waals surface area contributed by atoms with Crippen molar-refractivity contribution in [3.63, 3.8) is 0 Å². The van der Waals surface area contributed by atoms with Gasteiger partial charge in [0.15, 0.2) is 0 Å².